The van der Waals surface area contributed by atoms with Crippen LogP contribution in [0.5, 0.6) is 0 Å². The number of nitrogens with one attached hydrogen (secondary N) is 1. The molecule has 1 aromatic rings. The highest BCUT2D eigenvalue weighted by Gasteiger charge is 2.47. The molecule has 1 amide bonds. The fraction of sp³-hybridized carbons (Fsp3) is 0.643. The van der Waals surface area contributed by atoms with Crippen LogP contribution in [0, 0.1) is 17.8 Å². The molecule has 0 spiro atoms. The van der Waals surface area contributed by atoms with Gasteiger partial charge in [0.25, 0.3) is 0 Å². The van der Waals surface area contributed by atoms with Crippen LogP contribution in [0.1, 0.15) is 18.6 Å². The molecular weight excluding hydrogens is 292 g/mol. The number of piperidine rings is 1. The van der Waals surface area contributed by atoms with Crippen LogP contribution in [0.4, 0.5) is 0 Å². The number of carbonyl (C=O) groups excluding carboxylic acids is 1. The molecule has 21 heavy (non-hydrogen) atoms. The summed E-state index contributed by atoms with van der Waals surface area (Å²) in [6.45, 7) is 1.32. The molecule has 116 valence electrons. The number of carbonyl (C=O) groups is 1. The summed E-state index contributed by atoms with van der Waals surface area (Å²) in [7, 11) is -3.16. The van der Waals surface area contributed by atoms with Gasteiger partial charge >= 0.3 is 0 Å². The van der Waals surface area contributed by atoms with E-state index >= 15 is 0 Å². The van der Waals surface area contributed by atoms with Crippen LogP contribution in [0.15, 0.2) is 22.8 Å². The summed E-state index contributed by atoms with van der Waals surface area (Å²) >= 11 is 0. The van der Waals surface area contributed by atoms with Crippen molar-refractivity contribution in [2.75, 3.05) is 19.3 Å². The lowest BCUT2D eigenvalue weighted by Gasteiger charge is -2.35. The number of rotatable bonds is 4. The zero-order chi connectivity index (χ0) is 15.0. The summed E-state index contributed by atoms with van der Waals surface area (Å²) in [5.41, 5.74) is 0. The van der Waals surface area contributed by atoms with Crippen LogP contribution in [-0.4, -0.2) is 38.0 Å². The molecule has 1 saturated heterocycles. The zero-order valence-electron chi connectivity index (χ0n) is 12.0. The van der Waals surface area contributed by atoms with Crippen molar-refractivity contribution in [3.8, 4) is 0 Å². The second kappa shape index (κ2) is 5.46. The first-order chi connectivity index (χ1) is 9.95. The summed E-state index contributed by atoms with van der Waals surface area (Å²) in [5.74, 6) is 0.944. The monoisotopic (exact) mass is 312 g/mol. The van der Waals surface area contributed by atoms with Gasteiger partial charge in [0.1, 0.15) is 5.76 Å². The van der Waals surface area contributed by atoms with Gasteiger partial charge in [0, 0.05) is 19.0 Å². The highest BCUT2D eigenvalue weighted by Crippen LogP contribution is 2.42. The SMILES string of the molecule is CS(=O)(=O)N1C[C@H]2CC[C@@H](C1)C2C(=O)NCc1ccco1. The molecule has 7 heteroatoms. The lowest BCUT2D eigenvalue weighted by Crippen LogP contribution is -2.49. The predicted molar refractivity (Wildman–Crippen MR) is 76.7 cm³/mol. The molecule has 1 aliphatic heterocycles. The van der Waals surface area contributed by atoms with E-state index in [1.165, 1.54) is 10.6 Å². The number of nitrogens with zero attached hydrogens (tertiary/aromatic N) is 1. The van der Waals surface area contributed by atoms with Crippen molar-refractivity contribution >= 4 is 15.9 Å². The molecule has 1 unspecified atom stereocenters. The Hall–Kier alpha value is -1.34. The molecule has 6 nitrogen and oxygen atoms in total. The van der Waals surface area contributed by atoms with Gasteiger partial charge in [0.05, 0.1) is 19.1 Å². The van der Waals surface area contributed by atoms with E-state index < -0.39 is 10.0 Å². The van der Waals surface area contributed by atoms with Crippen molar-refractivity contribution in [1.29, 1.82) is 0 Å². The van der Waals surface area contributed by atoms with Crippen LogP contribution >= 0.6 is 0 Å². The van der Waals surface area contributed by atoms with E-state index in [0.717, 1.165) is 18.6 Å². The van der Waals surface area contributed by atoms with Gasteiger partial charge in [-0.3, -0.25) is 4.79 Å². The molecule has 0 aromatic carbocycles. The Bertz CT molecular complexity index is 597. The molecule has 3 rings (SSSR count). The van der Waals surface area contributed by atoms with Gasteiger partial charge in [-0.05, 0) is 36.8 Å². The fourth-order valence-electron chi connectivity index (χ4n) is 3.58. The average molecular weight is 312 g/mol. The molecule has 2 fully saturated rings. The minimum absolute atomic E-state index is 0.0204. The van der Waals surface area contributed by atoms with E-state index in [-0.39, 0.29) is 23.7 Å². The normalized spacial score (nSPS) is 29.5. The summed E-state index contributed by atoms with van der Waals surface area (Å²) in [6, 6.07) is 3.61. The van der Waals surface area contributed by atoms with E-state index in [1.807, 2.05) is 6.07 Å². The molecule has 1 N–H and O–H groups in total. The Morgan fingerprint density at radius 3 is 2.57 bits per heavy atom. The van der Waals surface area contributed by atoms with Crippen LogP contribution in [0.2, 0.25) is 0 Å². The third-order valence-electron chi connectivity index (χ3n) is 4.59. The second-order valence-corrected chi connectivity index (χ2v) is 7.98. The van der Waals surface area contributed by atoms with Crippen LogP contribution < -0.4 is 5.32 Å². The van der Waals surface area contributed by atoms with Gasteiger partial charge in [-0.1, -0.05) is 0 Å². The maximum atomic E-state index is 12.4. The average Bonchev–Trinajstić information content (AvgIpc) is 3.01. The molecule has 2 aliphatic rings. The Morgan fingerprint density at radius 1 is 1.38 bits per heavy atom. The molecule has 1 saturated carbocycles. The van der Waals surface area contributed by atoms with E-state index in [9.17, 15) is 13.2 Å². The Morgan fingerprint density at radius 2 is 2.05 bits per heavy atom. The molecular formula is C14H20N2O4S. The van der Waals surface area contributed by atoms with Gasteiger partial charge in [-0.15, -0.1) is 0 Å². The number of fused-ring (bicyclic) bond motifs is 2. The lowest BCUT2D eigenvalue weighted by atomic mass is 9.85. The lowest BCUT2D eigenvalue weighted by molar-refractivity contribution is -0.128. The van der Waals surface area contributed by atoms with E-state index in [1.54, 1.807) is 12.3 Å². The maximum absolute atomic E-state index is 12.4. The first-order valence-electron chi connectivity index (χ1n) is 7.20. The number of sulfonamides is 1. The Kier molecular flexibility index (Phi) is 3.79. The van der Waals surface area contributed by atoms with E-state index in [2.05, 4.69) is 5.32 Å². The summed E-state index contributed by atoms with van der Waals surface area (Å²) < 4.78 is 30.1. The molecule has 0 radical (unpaired) electrons. The third-order valence-corrected chi connectivity index (χ3v) is 5.83. The van der Waals surface area contributed by atoms with Gasteiger partial charge in [0.15, 0.2) is 0 Å². The molecule has 1 aliphatic carbocycles. The fourth-order valence-corrected chi connectivity index (χ4v) is 4.51. The van der Waals surface area contributed by atoms with E-state index in [0.29, 0.717) is 19.6 Å². The summed E-state index contributed by atoms with van der Waals surface area (Å²) in [4.78, 5) is 12.4. The van der Waals surface area contributed by atoms with Crippen molar-refractivity contribution in [2.24, 2.45) is 17.8 Å². The van der Waals surface area contributed by atoms with Crippen molar-refractivity contribution in [3.63, 3.8) is 0 Å². The zero-order valence-corrected chi connectivity index (χ0v) is 12.8. The Labute approximate surface area is 124 Å². The molecule has 1 aromatic heterocycles. The first-order valence-corrected chi connectivity index (χ1v) is 9.05. The van der Waals surface area contributed by atoms with Crippen molar-refractivity contribution in [3.05, 3.63) is 24.2 Å². The predicted octanol–water partition coefficient (Wildman–Crippen LogP) is 0.813. The largest absolute Gasteiger partial charge is 0.467 e. The molecule has 2 heterocycles. The van der Waals surface area contributed by atoms with Crippen molar-refractivity contribution in [2.45, 2.75) is 19.4 Å². The number of hydrogen-bond acceptors (Lipinski definition) is 4. The first kappa shape index (κ1) is 14.6. The van der Waals surface area contributed by atoms with E-state index in [4.69, 9.17) is 4.42 Å². The maximum Gasteiger partial charge on any atom is 0.224 e. The summed E-state index contributed by atoms with van der Waals surface area (Å²) in [5, 5.41) is 2.91. The summed E-state index contributed by atoms with van der Waals surface area (Å²) in [6.07, 6.45) is 4.67. The van der Waals surface area contributed by atoms with Gasteiger partial charge in [-0.2, -0.15) is 0 Å². The Balaban J connectivity index is 1.63. The van der Waals surface area contributed by atoms with Crippen LogP contribution in [0.3, 0.4) is 0 Å². The number of furan rings is 1. The highest BCUT2D eigenvalue weighted by molar-refractivity contribution is 7.88. The van der Waals surface area contributed by atoms with Gasteiger partial charge in [-0.25, -0.2) is 12.7 Å². The molecule has 3 atom stereocenters. The second-order valence-electron chi connectivity index (χ2n) is 6.00. The van der Waals surface area contributed by atoms with Crippen LogP contribution in [-0.2, 0) is 21.4 Å². The minimum atomic E-state index is -3.16. The standard InChI is InChI=1S/C14H20N2O4S/c1-21(18,19)16-8-10-4-5-11(9-16)13(10)14(17)15-7-12-3-2-6-20-12/h2-3,6,10-11,13H,4-5,7-9H2,1H3,(H,15,17)/t10-,11+,13?. The van der Waals surface area contributed by atoms with Gasteiger partial charge < -0.3 is 9.73 Å². The highest BCUT2D eigenvalue weighted by atomic mass is 32.2. The smallest absolute Gasteiger partial charge is 0.224 e. The van der Waals surface area contributed by atoms with Crippen molar-refractivity contribution in [1.82, 2.24) is 9.62 Å². The minimum Gasteiger partial charge on any atom is -0.467 e. The number of hydrogen-bond donors (Lipinski definition) is 1. The third kappa shape index (κ3) is 2.98. The topological polar surface area (TPSA) is 79.6 Å². The van der Waals surface area contributed by atoms with Crippen molar-refractivity contribution < 1.29 is 17.6 Å². The van der Waals surface area contributed by atoms with Crippen LogP contribution in [0.25, 0.3) is 0 Å². The molecule has 2 bridgehead atoms. The van der Waals surface area contributed by atoms with Gasteiger partial charge in [0.2, 0.25) is 15.9 Å². The number of amides is 1. The quantitative estimate of drug-likeness (QED) is 0.892.